The number of nitrogens with one attached hydrogen (secondary N) is 1. The summed E-state index contributed by atoms with van der Waals surface area (Å²) in [6, 6.07) is 11.7. The van der Waals surface area contributed by atoms with Crippen LogP contribution in [0.5, 0.6) is 0 Å². The minimum absolute atomic E-state index is 0.571. The predicted octanol–water partition coefficient (Wildman–Crippen LogP) is 1.88. The number of benzene rings is 1. The summed E-state index contributed by atoms with van der Waals surface area (Å²) < 4.78 is 1.87. The Kier molecular flexibility index (Phi) is 3.36. The Morgan fingerprint density at radius 2 is 2.00 bits per heavy atom. The first-order valence-electron chi connectivity index (χ1n) is 6.28. The fourth-order valence-electron chi connectivity index (χ4n) is 1.82. The van der Waals surface area contributed by atoms with Gasteiger partial charge >= 0.3 is 0 Å². The van der Waals surface area contributed by atoms with Gasteiger partial charge in [0, 0.05) is 18.8 Å². The summed E-state index contributed by atoms with van der Waals surface area (Å²) in [6.07, 6.45) is 3.42. The summed E-state index contributed by atoms with van der Waals surface area (Å²) in [6.45, 7) is 0.571. The summed E-state index contributed by atoms with van der Waals surface area (Å²) in [4.78, 5) is 8.78. The van der Waals surface area contributed by atoms with E-state index in [2.05, 4.69) is 25.5 Å². The Hall–Kier alpha value is -2.76. The van der Waals surface area contributed by atoms with Crippen molar-refractivity contribution in [1.82, 2.24) is 24.7 Å². The largest absolute Gasteiger partial charge is 0.363 e. The van der Waals surface area contributed by atoms with E-state index in [1.54, 1.807) is 12.5 Å². The Balaban J connectivity index is 1.77. The Labute approximate surface area is 116 Å². The van der Waals surface area contributed by atoms with Crippen molar-refractivity contribution >= 4 is 5.82 Å². The lowest BCUT2D eigenvalue weighted by Gasteiger charge is -2.06. The Morgan fingerprint density at radius 1 is 1.15 bits per heavy atom. The first-order valence-corrected chi connectivity index (χ1v) is 6.28. The van der Waals surface area contributed by atoms with Gasteiger partial charge < -0.3 is 9.88 Å². The standard InChI is InChI=1S/C14H14N6/c1-20-10-17-19-13(20)9-16-12-7-8-15-14(18-12)11-5-3-2-4-6-11/h2-8,10H,9H2,1H3,(H,15,16,18). The molecule has 0 unspecified atom stereocenters. The van der Waals surface area contributed by atoms with Crippen LogP contribution in [0.2, 0.25) is 0 Å². The minimum atomic E-state index is 0.571. The number of aryl methyl sites for hydroxylation is 1. The van der Waals surface area contributed by atoms with E-state index in [1.807, 2.05) is 48.0 Å². The molecule has 0 aliphatic carbocycles. The molecule has 6 nitrogen and oxygen atoms in total. The summed E-state index contributed by atoms with van der Waals surface area (Å²) in [5.41, 5.74) is 0.995. The lowest BCUT2D eigenvalue weighted by atomic mass is 10.2. The highest BCUT2D eigenvalue weighted by Gasteiger charge is 2.04. The number of hydrogen-bond donors (Lipinski definition) is 1. The zero-order valence-electron chi connectivity index (χ0n) is 11.1. The van der Waals surface area contributed by atoms with E-state index >= 15 is 0 Å². The van der Waals surface area contributed by atoms with E-state index in [9.17, 15) is 0 Å². The second kappa shape index (κ2) is 5.48. The summed E-state index contributed by atoms with van der Waals surface area (Å²) in [7, 11) is 1.91. The maximum absolute atomic E-state index is 4.49. The minimum Gasteiger partial charge on any atom is -0.363 e. The van der Waals surface area contributed by atoms with Crippen LogP contribution in [0.1, 0.15) is 5.82 Å². The number of rotatable bonds is 4. The van der Waals surface area contributed by atoms with Gasteiger partial charge in [0.05, 0.1) is 6.54 Å². The molecular weight excluding hydrogens is 252 g/mol. The average molecular weight is 266 g/mol. The summed E-state index contributed by atoms with van der Waals surface area (Å²) in [5.74, 6) is 2.32. The number of nitrogens with zero attached hydrogens (tertiary/aromatic N) is 5. The van der Waals surface area contributed by atoms with Gasteiger partial charge in [-0.25, -0.2) is 9.97 Å². The van der Waals surface area contributed by atoms with E-state index in [-0.39, 0.29) is 0 Å². The van der Waals surface area contributed by atoms with E-state index in [0.29, 0.717) is 12.4 Å². The number of aromatic nitrogens is 5. The highest BCUT2D eigenvalue weighted by molar-refractivity contribution is 5.56. The fourth-order valence-corrected chi connectivity index (χ4v) is 1.82. The molecule has 0 atom stereocenters. The van der Waals surface area contributed by atoms with Gasteiger partial charge in [-0.05, 0) is 6.07 Å². The molecule has 3 rings (SSSR count). The molecule has 0 fully saturated rings. The zero-order valence-corrected chi connectivity index (χ0v) is 11.1. The summed E-state index contributed by atoms with van der Waals surface area (Å²) in [5, 5.41) is 11.1. The van der Waals surface area contributed by atoms with Crippen LogP contribution in [0.25, 0.3) is 11.4 Å². The van der Waals surface area contributed by atoms with Crippen LogP contribution in [0, 0.1) is 0 Å². The van der Waals surface area contributed by atoms with Gasteiger partial charge in [-0.2, -0.15) is 0 Å². The molecular formula is C14H14N6. The third kappa shape index (κ3) is 2.64. The molecule has 0 aliphatic heterocycles. The van der Waals surface area contributed by atoms with Crippen LogP contribution in [0.15, 0.2) is 48.9 Å². The lowest BCUT2D eigenvalue weighted by molar-refractivity contribution is 0.810. The molecule has 0 saturated heterocycles. The van der Waals surface area contributed by atoms with Gasteiger partial charge in [-0.15, -0.1) is 10.2 Å². The Bertz CT molecular complexity index is 692. The molecule has 2 aromatic heterocycles. The predicted molar refractivity (Wildman–Crippen MR) is 75.8 cm³/mol. The molecule has 0 saturated carbocycles. The van der Waals surface area contributed by atoms with Gasteiger partial charge in [0.1, 0.15) is 12.1 Å². The molecule has 1 N–H and O–H groups in total. The third-order valence-corrected chi connectivity index (χ3v) is 2.92. The van der Waals surface area contributed by atoms with Crippen molar-refractivity contribution in [2.75, 3.05) is 5.32 Å². The third-order valence-electron chi connectivity index (χ3n) is 2.92. The van der Waals surface area contributed by atoms with Gasteiger partial charge in [-0.1, -0.05) is 30.3 Å². The Morgan fingerprint density at radius 3 is 2.75 bits per heavy atom. The molecule has 0 aliphatic rings. The first-order chi connectivity index (χ1) is 9.83. The molecule has 0 radical (unpaired) electrons. The van der Waals surface area contributed by atoms with Crippen LogP contribution in [0.3, 0.4) is 0 Å². The number of hydrogen-bond acceptors (Lipinski definition) is 5. The molecule has 1 aromatic carbocycles. The normalized spacial score (nSPS) is 10.4. The van der Waals surface area contributed by atoms with Crippen molar-refractivity contribution < 1.29 is 0 Å². The summed E-state index contributed by atoms with van der Waals surface area (Å²) >= 11 is 0. The first kappa shape index (κ1) is 12.3. The SMILES string of the molecule is Cn1cnnc1CNc1ccnc(-c2ccccc2)n1. The molecule has 2 heterocycles. The monoisotopic (exact) mass is 266 g/mol. The second-order valence-electron chi connectivity index (χ2n) is 4.34. The second-order valence-corrected chi connectivity index (χ2v) is 4.34. The van der Waals surface area contributed by atoms with Gasteiger partial charge in [0.25, 0.3) is 0 Å². The van der Waals surface area contributed by atoms with Crippen LogP contribution in [-0.2, 0) is 13.6 Å². The van der Waals surface area contributed by atoms with Gasteiger partial charge in [0.15, 0.2) is 11.6 Å². The molecule has 6 heteroatoms. The quantitative estimate of drug-likeness (QED) is 0.781. The van der Waals surface area contributed by atoms with E-state index in [0.717, 1.165) is 17.2 Å². The van der Waals surface area contributed by atoms with E-state index < -0.39 is 0 Å². The highest BCUT2D eigenvalue weighted by atomic mass is 15.3. The van der Waals surface area contributed by atoms with Crippen molar-refractivity contribution in [3.63, 3.8) is 0 Å². The van der Waals surface area contributed by atoms with Crippen LogP contribution in [-0.4, -0.2) is 24.7 Å². The lowest BCUT2D eigenvalue weighted by Crippen LogP contribution is -2.07. The fraction of sp³-hybridized carbons (Fsp3) is 0.143. The van der Waals surface area contributed by atoms with Crippen LogP contribution < -0.4 is 5.32 Å². The smallest absolute Gasteiger partial charge is 0.161 e. The molecule has 100 valence electrons. The maximum Gasteiger partial charge on any atom is 0.161 e. The average Bonchev–Trinajstić information content (AvgIpc) is 2.92. The molecule has 0 amide bonds. The maximum atomic E-state index is 4.49. The zero-order chi connectivity index (χ0) is 13.8. The van der Waals surface area contributed by atoms with Crippen molar-refractivity contribution in [3.05, 3.63) is 54.7 Å². The van der Waals surface area contributed by atoms with Gasteiger partial charge in [-0.3, -0.25) is 0 Å². The molecule has 3 aromatic rings. The molecule has 20 heavy (non-hydrogen) atoms. The highest BCUT2D eigenvalue weighted by Crippen LogP contribution is 2.15. The van der Waals surface area contributed by atoms with Crippen molar-refractivity contribution in [2.45, 2.75) is 6.54 Å². The van der Waals surface area contributed by atoms with Crippen molar-refractivity contribution in [2.24, 2.45) is 7.05 Å². The van der Waals surface area contributed by atoms with Crippen LogP contribution in [0.4, 0.5) is 5.82 Å². The number of anilines is 1. The molecule has 0 spiro atoms. The van der Waals surface area contributed by atoms with Crippen molar-refractivity contribution in [3.8, 4) is 11.4 Å². The van der Waals surface area contributed by atoms with Crippen LogP contribution >= 0.6 is 0 Å². The molecule has 0 bridgehead atoms. The van der Waals surface area contributed by atoms with E-state index in [1.165, 1.54) is 0 Å². The topological polar surface area (TPSA) is 68.5 Å². The van der Waals surface area contributed by atoms with Gasteiger partial charge in [0.2, 0.25) is 0 Å². The van der Waals surface area contributed by atoms with Crippen molar-refractivity contribution in [1.29, 1.82) is 0 Å². The van der Waals surface area contributed by atoms with E-state index in [4.69, 9.17) is 0 Å².